The smallest absolute Gasteiger partial charge is 0.234 e. The lowest BCUT2D eigenvalue weighted by atomic mass is 10.2. The zero-order valence-electron chi connectivity index (χ0n) is 14.9. The number of aromatic nitrogens is 3. The molecule has 0 bridgehead atoms. The third-order valence-electron chi connectivity index (χ3n) is 4.11. The highest BCUT2D eigenvalue weighted by Gasteiger charge is 2.22. The van der Waals surface area contributed by atoms with Gasteiger partial charge in [-0.25, -0.2) is 0 Å². The average molecular weight is 395 g/mol. The molecule has 8 heteroatoms. The lowest BCUT2D eigenvalue weighted by molar-refractivity contribution is -0.113. The zero-order chi connectivity index (χ0) is 18.5. The Labute approximate surface area is 162 Å². The second-order valence-electron chi connectivity index (χ2n) is 6.59. The molecule has 1 unspecified atom stereocenters. The fourth-order valence-corrected chi connectivity index (χ4v) is 3.84. The first-order valence-corrected chi connectivity index (χ1v) is 10.1. The van der Waals surface area contributed by atoms with Gasteiger partial charge in [-0.15, -0.1) is 10.2 Å². The van der Waals surface area contributed by atoms with Gasteiger partial charge in [0.25, 0.3) is 0 Å². The van der Waals surface area contributed by atoms with Crippen molar-refractivity contribution in [3.8, 4) is 0 Å². The van der Waals surface area contributed by atoms with Crippen LogP contribution in [0.25, 0.3) is 0 Å². The van der Waals surface area contributed by atoms with Crippen LogP contribution in [0.1, 0.15) is 38.4 Å². The summed E-state index contributed by atoms with van der Waals surface area (Å²) in [5, 5.41) is 12.8. The Balaban J connectivity index is 1.64. The number of carbonyl (C=O) groups is 1. The molecule has 1 saturated heterocycles. The number of nitrogens with one attached hydrogen (secondary N) is 1. The molecule has 1 aliphatic rings. The second kappa shape index (κ2) is 8.88. The molecule has 1 aliphatic heterocycles. The van der Waals surface area contributed by atoms with Crippen LogP contribution in [0.3, 0.4) is 0 Å². The Bertz CT molecular complexity index is 759. The number of ether oxygens (including phenoxy) is 1. The maximum atomic E-state index is 12.2. The number of thioether (sulfide) groups is 1. The van der Waals surface area contributed by atoms with Gasteiger partial charge in [0.2, 0.25) is 5.91 Å². The predicted octanol–water partition coefficient (Wildman–Crippen LogP) is 3.96. The van der Waals surface area contributed by atoms with Crippen LogP contribution >= 0.6 is 23.4 Å². The first-order valence-electron chi connectivity index (χ1n) is 8.76. The largest absolute Gasteiger partial charge is 0.376 e. The molecule has 1 fully saturated rings. The minimum atomic E-state index is -0.102. The first kappa shape index (κ1) is 19.2. The lowest BCUT2D eigenvalue weighted by Gasteiger charge is -2.16. The number of benzene rings is 1. The molecule has 1 aromatic heterocycles. The van der Waals surface area contributed by atoms with Crippen molar-refractivity contribution in [1.29, 1.82) is 0 Å². The predicted molar refractivity (Wildman–Crippen MR) is 104 cm³/mol. The van der Waals surface area contributed by atoms with Crippen molar-refractivity contribution < 1.29 is 9.53 Å². The molecule has 6 nitrogen and oxygen atoms in total. The van der Waals surface area contributed by atoms with Crippen LogP contribution in [0.2, 0.25) is 5.02 Å². The lowest BCUT2D eigenvalue weighted by Crippen LogP contribution is -2.19. The Hall–Kier alpha value is -1.57. The zero-order valence-corrected chi connectivity index (χ0v) is 16.5. The Morgan fingerprint density at radius 1 is 1.46 bits per heavy atom. The molecule has 1 amide bonds. The molecule has 140 valence electrons. The van der Waals surface area contributed by atoms with Gasteiger partial charge in [0.05, 0.1) is 18.4 Å². The van der Waals surface area contributed by atoms with E-state index in [0.717, 1.165) is 37.0 Å². The molecular weight excluding hydrogens is 372 g/mol. The average Bonchev–Trinajstić information content (AvgIpc) is 3.23. The third kappa shape index (κ3) is 4.99. The molecule has 1 atom stereocenters. The molecular formula is C18H23ClN4O2S. The molecule has 1 N–H and O–H groups in total. The van der Waals surface area contributed by atoms with Crippen molar-refractivity contribution in [2.75, 3.05) is 17.7 Å². The number of hydrogen-bond acceptors (Lipinski definition) is 5. The van der Waals surface area contributed by atoms with E-state index >= 15 is 0 Å². The van der Waals surface area contributed by atoms with Crippen molar-refractivity contribution in [3.05, 3.63) is 35.1 Å². The third-order valence-corrected chi connectivity index (χ3v) is 5.31. The number of hydrogen-bond donors (Lipinski definition) is 1. The summed E-state index contributed by atoms with van der Waals surface area (Å²) < 4.78 is 7.85. The maximum Gasteiger partial charge on any atom is 0.234 e. The van der Waals surface area contributed by atoms with E-state index in [1.807, 2.05) is 6.07 Å². The fourth-order valence-electron chi connectivity index (χ4n) is 2.89. The number of amides is 1. The highest BCUT2D eigenvalue weighted by atomic mass is 35.5. The van der Waals surface area contributed by atoms with Crippen LogP contribution in [-0.2, 0) is 16.1 Å². The summed E-state index contributed by atoms with van der Waals surface area (Å²) >= 11 is 7.33. The number of anilines is 1. The van der Waals surface area contributed by atoms with Crippen molar-refractivity contribution in [2.24, 2.45) is 0 Å². The van der Waals surface area contributed by atoms with Gasteiger partial charge in [0.15, 0.2) is 5.16 Å². The fraction of sp³-hybridized carbons (Fsp3) is 0.500. The van der Waals surface area contributed by atoms with Crippen LogP contribution in [0.4, 0.5) is 5.69 Å². The Morgan fingerprint density at radius 3 is 3.00 bits per heavy atom. The second-order valence-corrected chi connectivity index (χ2v) is 7.97. The van der Waals surface area contributed by atoms with E-state index in [9.17, 15) is 4.79 Å². The normalized spacial score (nSPS) is 17.0. The van der Waals surface area contributed by atoms with Gasteiger partial charge in [0.1, 0.15) is 5.82 Å². The summed E-state index contributed by atoms with van der Waals surface area (Å²) in [6.45, 7) is 5.74. The molecule has 0 saturated carbocycles. The number of nitrogens with zero attached hydrogens (tertiary/aromatic N) is 3. The van der Waals surface area contributed by atoms with Gasteiger partial charge in [-0.3, -0.25) is 4.79 Å². The van der Waals surface area contributed by atoms with Crippen LogP contribution in [0, 0.1) is 0 Å². The van der Waals surface area contributed by atoms with Gasteiger partial charge < -0.3 is 14.6 Å². The SMILES string of the molecule is CC(C)c1nnc(SCC(=O)Nc2cccc(Cl)c2)n1CC1CCCO1. The van der Waals surface area contributed by atoms with Crippen molar-refractivity contribution >= 4 is 35.0 Å². The molecule has 0 aliphatic carbocycles. The van der Waals surface area contributed by atoms with Crippen LogP contribution in [0.5, 0.6) is 0 Å². The summed E-state index contributed by atoms with van der Waals surface area (Å²) in [7, 11) is 0. The summed E-state index contributed by atoms with van der Waals surface area (Å²) in [4.78, 5) is 12.2. The van der Waals surface area contributed by atoms with E-state index < -0.39 is 0 Å². The monoisotopic (exact) mass is 394 g/mol. The van der Waals surface area contributed by atoms with Crippen LogP contribution in [0.15, 0.2) is 29.4 Å². The highest BCUT2D eigenvalue weighted by Crippen LogP contribution is 2.25. The molecule has 2 aromatic rings. The Kier molecular flexibility index (Phi) is 6.56. The van der Waals surface area contributed by atoms with Gasteiger partial charge in [-0.05, 0) is 31.0 Å². The van der Waals surface area contributed by atoms with E-state index in [0.29, 0.717) is 10.7 Å². The minimum absolute atomic E-state index is 0.102. The van der Waals surface area contributed by atoms with E-state index in [4.69, 9.17) is 16.3 Å². The summed E-state index contributed by atoms with van der Waals surface area (Å²) in [5.41, 5.74) is 0.687. The van der Waals surface area contributed by atoms with Gasteiger partial charge in [-0.2, -0.15) is 0 Å². The maximum absolute atomic E-state index is 12.2. The van der Waals surface area contributed by atoms with E-state index in [1.54, 1.807) is 18.2 Å². The minimum Gasteiger partial charge on any atom is -0.376 e. The quantitative estimate of drug-likeness (QED) is 0.719. The van der Waals surface area contributed by atoms with Crippen LogP contribution < -0.4 is 5.32 Å². The topological polar surface area (TPSA) is 69.0 Å². The van der Waals surface area contributed by atoms with E-state index in [2.05, 4.69) is 33.9 Å². The number of carbonyl (C=O) groups excluding carboxylic acids is 1. The van der Waals surface area contributed by atoms with E-state index in [-0.39, 0.29) is 23.7 Å². The first-order chi connectivity index (χ1) is 12.5. The standard InChI is InChI=1S/C18H23ClN4O2S/c1-12(2)17-21-22-18(23(17)10-15-7-4-8-25-15)26-11-16(24)20-14-6-3-5-13(19)9-14/h3,5-6,9,12,15H,4,7-8,10-11H2,1-2H3,(H,20,24). The molecule has 3 rings (SSSR count). The number of halogens is 1. The highest BCUT2D eigenvalue weighted by molar-refractivity contribution is 7.99. The van der Waals surface area contributed by atoms with Crippen molar-refractivity contribution in [3.63, 3.8) is 0 Å². The Morgan fingerprint density at radius 2 is 2.31 bits per heavy atom. The number of rotatable bonds is 7. The van der Waals surface area contributed by atoms with Gasteiger partial charge >= 0.3 is 0 Å². The van der Waals surface area contributed by atoms with Gasteiger partial charge in [0, 0.05) is 23.2 Å². The summed E-state index contributed by atoms with van der Waals surface area (Å²) in [5.74, 6) is 1.35. The molecule has 1 aromatic carbocycles. The summed E-state index contributed by atoms with van der Waals surface area (Å²) in [6, 6.07) is 7.11. The molecule has 0 spiro atoms. The van der Waals surface area contributed by atoms with Gasteiger partial charge in [-0.1, -0.05) is 43.3 Å². The van der Waals surface area contributed by atoms with Crippen LogP contribution in [-0.4, -0.2) is 39.1 Å². The summed E-state index contributed by atoms with van der Waals surface area (Å²) in [6.07, 6.45) is 2.34. The molecule has 2 heterocycles. The molecule has 0 radical (unpaired) electrons. The van der Waals surface area contributed by atoms with E-state index in [1.165, 1.54) is 11.8 Å². The molecule has 26 heavy (non-hydrogen) atoms. The van der Waals surface area contributed by atoms with Crippen molar-refractivity contribution in [2.45, 2.75) is 50.4 Å². The van der Waals surface area contributed by atoms with Crippen molar-refractivity contribution in [1.82, 2.24) is 14.8 Å².